The van der Waals surface area contributed by atoms with Gasteiger partial charge in [0.15, 0.2) is 5.96 Å². The van der Waals surface area contributed by atoms with Crippen LogP contribution in [0.5, 0.6) is 0 Å². The fraction of sp³-hybridized carbons (Fsp3) is 0.632. The summed E-state index contributed by atoms with van der Waals surface area (Å²) in [5.74, 6) is 1.01. The van der Waals surface area contributed by atoms with Gasteiger partial charge in [-0.25, -0.2) is 4.99 Å². The summed E-state index contributed by atoms with van der Waals surface area (Å²) in [5.41, 5.74) is 2.41. The van der Waals surface area contributed by atoms with E-state index in [2.05, 4.69) is 48.3 Å². The molecule has 0 spiro atoms. The quantitative estimate of drug-likeness (QED) is 0.384. The first kappa shape index (κ1) is 22.2. The first-order valence-electron chi connectivity index (χ1n) is 8.98. The van der Waals surface area contributed by atoms with E-state index in [1.165, 1.54) is 11.1 Å². The molecule has 1 aliphatic heterocycles. The fourth-order valence-corrected chi connectivity index (χ4v) is 2.97. The third kappa shape index (κ3) is 7.50. The molecule has 1 N–H and O–H groups in total. The number of piperidine rings is 1. The number of aliphatic imine (C=N–C) groups is 1. The van der Waals surface area contributed by atoms with Gasteiger partial charge in [0.1, 0.15) is 0 Å². The molecule has 1 fully saturated rings. The number of likely N-dealkylation sites (tertiary alicyclic amines) is 1. The van der Waals surface area contributed by atoms with Crippen LogP contribution in [-0.4, -0.2) is 50.3 Å². The van der Waals surface area contributed by atoms with Crippen molar-refractivity contribution in [3.05, 3.63) is 35.4 Å². The summed E-state index contributed by atoms with van der Waals surface area (Å²) in [6, 6.07) is 8.47. The molecule has 0 amide bonds. The van der Waals surface area contributed by atoms with Gasteiger partial charge in [-0.1, -0.05) is 24.3 Å². The lowest BCUT2D eigenvalue weighted by molar-refractivity contribution is 0.0263. The van der Waals surface area contributed by atoms with Gasteiger partial charge in [-0.15, -0.1) is 24.0 Å². The molecule has 1 aliphatic rings. The van der Waals surface area contributed by atoms with Crippen LogP contribution in [0.15, 0.2) is 29.3 Å². The first-order valence-corrected chi connectivity index (χ1v) is 8.98. The van der Waals surface area contributed by atoms with E-state index in [1.54, 1.807) is 7.11 Å². The zero-order chi connectivity index (χ0) is 17.2. The van der Waals surface area contributed by atoms with E-state index in [1.807, 2.05) is 0 Å². The molecule has 142 valence electrons. The Morgan fingerprint density at radius 1 is 1.16 bits per heavy atom. The van der Waals surface area contributed by atoms with Gasteiger partial charge in [0.05, 0.1) is 19.3 Å². The first-order chi connectivity index (χ1) is 11.8. The van der Waals surface area contributed by atoms with E-state index in [4.69, 9.17) is 14.5 Å². The predicted molar refractivity (Wildman–Crippen MR) is 114 cm³/mol. The topological polar surface area (TPSA) is 46.1 Å². The van der Waals surface area contributed by atoms with Crippen LogP contribution in [-0.2, 0) is 22.6 Å². The standard InChI is InChI=1S/C19H31N3O2.HI/c1-4-20-19(22-12-10-18(11-13-22)24-5-2)21-14-16-6-8-17(9-7-16)15-23-3;/h6-9,18H,4-5,10-15H2,1-3H3,(H,20,21);1H. The average molecular weight is 461 g/mol. The molecular weight excluding hydrogens is 429 g/mol. The summed E-state index contributed by atoms with van der Waals surface area (Å²) in [6.45, 7) is 9.22. The maximum Gasteiger partial charge on any atom is 0.194 e. The number of rotatable bonds is 7. The van der Waals surface area contributed by atoms with Gasteiger partial charge in [0.2, 0.25) is 0 Å². The van der Waals surface area contributed by atoms with E-state index < -0.39 is 0 Å². The van der Waals surface area contributed by atoms with Crippen molar-refractivity contribution < 1.29 is 9.47 Å². The highest BCUT2D eigenvalue weighted by Gasteiger charge is 2.21. The molecule has 0 unspecified atom stereocenters. The highest BCUT2D eigenvalue weighted by molar-refractivity contribution is 14.0. The van der Waals surface area contributed by atoms with E-state index in [0.717, 1.165) is 45.0 Å². The number of methoxy groups -OCH3 is 1. The summed E-state index contributed by atoms with van der Waals surface area (Å²) >= 11 is 0. The van der Waals surface area contributed by atoms with Crippen LogP contribution in [0.2, 0.25) is 0 Å². The summed E-state index contributed by atoms with van der Waals surface area (Å²) < 4.78 is 10.9. The van der Waals surface area contributed by atoms with Gasteiger partial charge in [0, 0.05) is 33.4 Å². The summed E-state index contributed by atoms with van der Waals surface area (Å²) in [5, 5.41) is 3.42. The molecule has 6 heteroatoms. The minimum absolute atomic E-state index is 0. The molecule has 25 heavy (non-hydrogen) atoms. The molecule has 2 rings (SSSR count). The van der Waals surface area contributed by atoms with Crippen molar-refractivity contribution >= 4 is 29.9 Å². The molecule has 0 aromatic heterocycles. The van der Waals surface area contributed by atoms with Crippen LogP contribution < -0.4 is 5.32 Å². The monoisotopic (exact) mass is 461 g/mol. The number of nitrogens with zero attached hydrogens (tertiary/aromatic N) is 2. The summed E-state index contributed by atoms with van der Waals surface area (Å²) in [7, 11) is 1.72. The minimum Gasteiger partial charge on any atom is -0.380 e. The third-order valence-corrected chi connectivity index (χ3v) is 4.22. The van der Waals surface area contributed by atoms with Gasteiger partial charge < -0.3 is 19.7 Å². The van der Waals surface area contributed by atoms with E-state index in [9.17, 15) is 0 Å². The molecule has 0 radical (unpaired) electrons. The molecule has 1 aromatic rings. The van der Waals surface area contributed by atoms with Crippen molar-refractivity contribution in [1.29, 1.82) is 0 Å². The van der Waals surface area contributed by atoms with Crippen molar-refractivity contribution in [2.24, 2.45) is 4.99 Å². The average Bonchev–Trinajstić information content (AvgIpc) is 2.61. The Kier molecular flexibility index (Phi) is 11.1. The Morgan fingerprint density at radius 3 is 2.36 bits per heavy atom. The zero-order valence-corrected chi connectivity index (χ0v) is 18.0. The van der Waals surface area contributed by atoms with Crippen molar-refractivity contribution in [3.8, 4) is 0 Å². The van der Waals surface area contributed by atoms with Crippen LogP contribution in [0.25, 0.3) is 0 Å². The molecule has 0 bridgehead atoms. The van der Waals surface area contributed by atoms with Gasteiger partial charge >= 0.3 is 0 Å². The Hall–Kier alpha value is -0.860. The number of guanidine groups is 1. The van der Waals surface area contributed by atoms with Gasteiger partial charge in [-0.2, -0.15) is 0 Å². The smallest absolute Gasteiger partial charge is 0.194 e. The lowest BCUT2D eigenvalue weighted by atomic mass is 10.1. The van der Waals surface area contributed by atoms with Gasteiger partial charge in [0.25, 0.3) is 0 Å². The van der Waals surface area contributed by atoms with Crippen LogP contribution in [0.4, 0.5) is 0 Å². The van der Waals surface area contributed by atoms with Crippen molar-refractivity contribution in [3.63, 3.8) is 0 Å². The van der Waals surface area contributed by atoms with E-state index in [-0.39, 0.29) is 24.0 Å². The van der Waals surface area contributed by atoms with Gasteiger partial charge in [-0.3, -0.25) is 0 Å². The Bertz CT molecular complexity index is 500. The predicted octanol–water partition coefficient (Wildman–Crippen LogP) is 3.42. The Morgan fingerprint density at radius 2 is 1.80 bits per heavy atom. The largest absolute Gasteiger partial charge is 0.380 e. The second-order valence-electron chi connectivity index (χ2n) is 6.06. The summed E-state index contributed by atoms with van der Waals surface area (Å²) in [6.07, 6.45) is 2.55. The van der Waals surface area contributed by atoms with Crippen LogP contribution in [0, 0.1) is 0 Å². The molecule has 1 heterocycles. The number of nitrogens with one attached hydrogen (secondary N) is 1. The molecule has 0 aliphatic carbocycles. The second-order valence-corrected chi connectivity index (χ2v) is 6.06. The van der Waals surface area contributed by atoms with Crippen molar-refractivity contribution in [1.82, 2.24) is 10.2 Å². The number of halogens is 1. The Balaban J connectivity index is 0.00000312. The zero-order valence-electron chi connectivity index (χ0n) is 15.7. The van der Waals surface area contributed by atoms with Crippen LogP contribution in [0.3, 0.4) is 0 Å². The van der Waals surface area contributed by atoms with Crippen molar-refractivity contribution in [2.75, 3.05) is 33.4 Å². The lowest BCUT2D eigenvalue weighted by Crippen LogP contribution is -2.47. The van der Waals surface area contributed by atoms with Crippen LogP contribution >= 0.6 is 24.0 Å². The molecule has 0 atom stereocenters. The molecular formula is C19H32IN3O2. The molecule has 1 saturated heterocycles. The van der Waals surface area contributed by atoms with Gasteiger partial charge in [-0.05, 0) is 37.8 Å². The highest BCUT2D eigenvalue weighted by atomic mass is 127. The van der Waals surface area contributed by atoms with Crippen LogP contribution in [0.1, 0.15) is 37.8 Å². The van der Waals surface area contributed by atoms with E-state index >= 15 is 0 Å². The molecule has 5 nitrogen and oxygen atoms in total. The number of hydrogen-bond acceptors (Lipinski definition) is 3. The third-order valence-electron chi connectivity index (χ3n) is 4.22. The lowest BCUT2D eigenvalue weighted by Gasteiger charge is -2.34. The SMILES string of the molecule is CCNC(=NCc1ccc(COC)cc1)N1CCC(OCC)CC1.I. The number of benzene rings is 1. The Labute approximate surface area is 169 Å². The van der Waals surface area contributed by atoms with E-state index in [0.29, 0.717) is 19.3 Å². The second kappa shape index (κ2) is 12.5. The fourth-order valence-electron chi connectivity index (χ4n) is 2.97. The normalized spacial score (nSPS) is 15.8. The summed E-state index contributed by atoms with van der Waals surface area (Å²) in [4.78, 5) is 7.16. The highest BCUT2D eigenvalue weighted by Crippen LogP contribution is 2.14. The maximum absolute atomic E-state index is 5.73. The molecule has 1 aromatic carbocycles. The minimum atomic E-state index is 0. The number of ether oxygens (including phenoxy) is 2. The van der Waals surface area contributed by atoms with Crippen molar-refractivity contribution in [2.45, 2.75) is 45.9 Å². The number of hydrogen-bond donors (Lipinski definition) is 1. The maximum atomic E-state index is 5.73. The molecule has 0 saturated carbocycles.